The van der Waals surface area contributed by atoms with Crippen LogP contribution in [-0.4, -0.2) is 6.21 Å². The van der Waals surface area contributed by atoms with Crippen LogP contribution in [0.5, 0.6) is 5.75 Å². The summed E-state index contributed by atoms with van der Waals surface area (Å²) >= 11 is 3.48. The van der Waals surface area contributed by atoms with Crippen molar-refractivity contribution < 1.29 is 9.13 Å². The van der Waals surface area contributed by atoms with E-state index in [1.54, 1.807) is 24.4 Å². The summed E-state index contributed by atoms with van der Waals surface area (Å²) in [6, 6.07) is 18.5. The number of hydrogen-bond donors (Lipinski definition) is 0. The van der Waals surface area contributed by atoms with Crippen molar-refractivity contribution in [2.45, 2.75) is 20.5 Å². The molecule has 3 aromatic rings. The van der Waals surface area contributed by atoms with E-state index in [-0.39, 0.29) is 12.4 Å². The van der Waals surface area contributed by atoms with Gasteiger partial charge < -0.3 is 4.74 Å². The number of aliphatic imine (C=N–C) groups is 1. The zero-order chi connectivity index (χ0) is 18.5. The Balaban J connectivity index is 1.85. The van der Waals surface area contributed by atoms with E-state index in [9.17, 15) is 4.39 Å². The minimum absolute atomic E-state index is 0.165. The molecule has 3 rings (SSSR count). The third-order valence-electron chi connectivity index (χ3n) is 4.02. The summed E-state index contributed by atoms with van der Waals surface area (Å²) in [5, 5.41) is 0. The van der Waals surface area contributed by atoms with Gasteiger partial charge in [-0.1, -0.05) is 46.3 Å². The molecule has 0 aliphatic carbocycles. The summed E-state index contributed by atoms with van der Waals surface area (Å²) < 4.78 is 20.6. The van der Waals surface area contributed by atoms with Gasteiger partial charge in [-0.05, 0) is 55.3 Å². The molecule has 0 spiro atoms. The van der Waals surface area contributed by atoms with Gasteiger partial charge in [-0.15, -0.1) is 0 Å². The van der Waals surface area contributed by atoms with Gasteiger partial charge in [0.15, 0.2) is 0 Å². The fraction of sp³-hybridized carbons (Fsp3) is 0.136. The molecule has 0 aliphatic heterocycles. The highest BCUT2D eigenvalue weighted by Crippen LogP contribution is 2.25. The Morgan fingerprint density at radius 3 is 2.65 bits per heavy atom. The fourth-order valence-corrected chi connectivity index (χ4v) is 2.90. The van der Waals surface area contributed by atoms with Crippen molar-refractivity contribution in [1.82, 2.24) is 0 Å². The van der Waals surface area contributed by atoms with Gasteiger partial charge >= 0.3 is 0 Å². The van der Waals surface area contributed by atoms with Crippen molar-refractivity contribution in [2.75, 3.05) is 0 Å². The van der Waals surface area contributed by atoms with Crippen LogP contribution in [0.15, 0.2) is 70.1 Å². The molecule has 3 aromatic carbocycles. The SMILES string of the molecule is Cc1ccc(C)c(N=Cc2cc(Br)ccc2OCc2ccccc2F)c1. The Hall–Kier alpha value is -2.46. The molecule has 2 nitrogen and oxygen atoms in total. The Labute approximate surface area is 161 Å². The van der Waals surface area contributed by atoms with Gasteiger partial charge in [-0.3, -0.25) is 4.99 Å². The maximum atomic E-state index is 13.8. The monoisotopic (exact) mass is 411 g/mol. The van der Waals surface area contributed by atoms with Crippen molar-refractivity contribution in [3.8, 4) is 5.75 Å². The molecular weight excluding hydrogens is 393 g/mol. The largest absolute Gasteiger partial charge is 0.488 e. The van der Waals surface area contributed by atoms with Crippen molar-refractivity contribution in [2.24, 2.45) is 4.99 Å². The smallest absolute Gasteiger partial charge is 0.129 e. The molecule has 0 saturated heterocycles. The number of ether oxygens (including phenoxy) is 1. The summed E-state index contributed by atoms with van der Waals surface area (Å²) in [4.78, 5) is 4.61. The van der Waals surface area contributed by atoms with Gasteiger partial charge in [0.2, 0.25) is 0 Å². The first-order valence-corrected chi connectivity index (χ1v) is 9.09. The summed E-state index contributed by atoms with van der Waals surface area (Å²) in [7, 11) is 0. The highest BCUT2D eigenvalue weighted by molar-refractivity contribution is 9.10. The van der Waals surface area contributed by atoms with Crippen molar-refractivity contribution in [3.63, 3.8) is 0 Å². The molecule has 0 aliphatic rings. The molecule has 0 amide bonds. The molecular formula is C22H19BrFNO. The Morgan fingerprint density at radius 2 is 1.85 bits per heavy atom. The molecule has 0 aromatic heterocycles. The van der Waals surface area contributed by atoms with Crippen molar-refractivity contribution in [1.29, 1.82) is 0 Å². The Morgan fingerprint density at radius 1 is 1.04 bits per heavy atom. The highest BCUT2D eigenvalue weighted by Gasteiger charge is 2.06. The lowest BCUT2D eigenvalue weighted by atomic mass is 10.1. The lowest BCUT2D eigenvalue weighted by Gasteiger charge is -2.10. The molecule has 0 radical (unpaired) electrons. The topological polar surface area (TPSA) is 21.6 Å². The minimum Gasteiger partial charge on any atom is -0.488 e. The first-order chi connectivity index (χ1) is 12.5. The number of benzene rings is 3. The Bertz CT molecular complexity index is 953. The van der Waals surface area contributed by atoms with Crippen molar-refractivity contribution >= 4 is 27.8 Å². The van der Waals surface area contributed by atoms with Gasteiger partial charge in [-0.2, -0.15) is 0 Å². The molecule has 0 N–H and O–H groups in total. The zero-order valence-corrected chi connectivity index (χ0v) is 16.3. The number of rotatable bonds is 5. The van der Waals surface area contributed by atoms with Crippen LogP contribution >= 0.6 is 15.9 Å². The number of nitrogens with zero attached hydrogens (tertiary/aromatic N) is 1. The van der Waals surface area contributed by atoms with Gasteiger partial charge in [-0.25, -0.2) is 4.39 Å². The van der Waals surface area contributed by atoms with E-state index in [2.05, 4.69) is 33.1 Å². The summed E-state index contributed by atoms with van der Waals surface area (Å²) in [6.07, 6.45) is 1.78. The van der Waals surface area contributed by atoms with Gasteiger partial charge in [0, 0.05) is 21.8 Å². The molecule has 0 bridgehead atoms. The molecule has 0 fully saturated rings. The lowest BCUT2D eigenvalue weighted by Crippen LogP contribution is -2.00. The second-order valence-corrected chi connectivity index (χ2v) is 7.03. The number of halogens is 2. The van der Waals surface area contributed by atoms with Crippen LogP contribution in [0.4, 0.5) is 10.1 Å². The van der Waals surface area contributed by atoms with Crippen LogP contribution < -0.4 is 4.74 Å². The van der Waals surface area contributed by atoms with Crippen LogP contribution in [-0.2, 0) is 6.61 Å². The van der Waals surface area contributed by atoms with Crippen LogP contribution in [0.1, 0.15) is 22.3 Å². The van der Waals surface area contributed by atoms with Crippen molar-refractivity contribution in [3.05, 3.63) is 93.2 Å². The molecule has 26 heavy (non-hydrogen) atoms. The lowest BCUT2D eigenvalue weighted by molar-refractivity contribution is 0.299. The minimum atomic E-state index is -0.268. The second kappa shape index (κ2) is 8.28. The molecule has 0 atom stereocenters. The van der Waals surface area contributed by atoms with Gasteiger partial charge in [0.1, 0.15) is 18.2 Å². The van der Waals surface area contributed by atoms with Gasteiger partial charge in [0.05, 0.1) is 5.69 Å². The molecule has 0 heterocycles. The average molecular weight is 412 g/mol. The predicted molar refractivity (Wildman–Crippen MR) is 108 cm³/mol. The zero-order valence-electron chi connectivity index (χ0n) is 14.7. The first-order valence-electron chi connectivity index (χ1n) is 8.30. The van der Waals surface area contributed by atoms with Crippen LogP contribution in [0.25, 0.3) is 0 Å². The standard InChI is InChI=1S/C22H19BrFNO/c1-15-7-8-16(2)21(11-15)25-13-18-12-19(23)9-10-22(18)26-14-17-5-3-4-6-20(17)24/h3-13H,14H2,1-2H3. The van der Waals surface area contributed by atoms with Gasteiger partial charge in [0.25, 0.3) is 0 Å². The first kappa shape index (κ1) is 18.3. The van der Waals surface area contributed by atoms with E-state index in [1.807, 2.05) is 38.1 Å². The molecule has 0 saturated carbocycles. The summed E-state index contributed by atoms with van der Waals surface area (Å²) in [5.41, 5.74) is 4.54. The highest BCUT2D eigenvalue weighted by atomic mass is 79.9. The normalized spacial score (nSPS) is 11.1. The van der Waals surface area contributed by atoms with E-state index in [4.69, 9.17) is 4.74 Å². The average Bonchev–Trinajstić information content (AvgIpc) is 2.63. The third-order valence-corrected chi connectivity index (χ3v) is 4.51. The van der Waals surface area contributed by atoms with E-state index < -0.39 is 0 Å². The van der Waals surface area contributed by atoms with E-state index in [1.165, 1.54) is 6.07 Å². The number of hydrogen-bond acceptors (Lipinski definition) is 2. The van der Waals surface area contributed by atoms with E-state index >= 15 is 0 Å². The Kier molecular flexibility index (Phi) is 5.84. The van der Waals surface area contributed by atoms with E-state index in [0.717, 1.165) is 26.9 Å². The van der Waals surface area contributed by atoms with Crippen LogP contribution in [0.3, 0.4) is 0 Å². The molecule has 4 heteroatoms. The predicted octanol–water partition coefficient (Wildman–Crippen LogP) is 6.53. The number of aryl methyl sites for hydroxylation is 2. The van der Waals surface area contributed by atoms with Crippen LogP contribution in [0, 0.1) is 19.7 Å². The van der Waals surface area contributed by atoms with Crippen LogP contribution in [0.2, 0.25) is 0 Å². The summed E-state index contributed by atoms with van der Waals surface area (Å²) in [5.74, 6) is 0.390. The maximum absolute atomic E-state index is 13.8. The maximum Gasteiger partial charge on any atom is 0.129 e. The van der Waals surface area contributed by atoms with E-state index in [0.29, 0.717) is 11.3 Å². The summed E-state index contributed by atoms with van der Waals surface area (Å²) in [6.45, 7) is 4.24. The quantitative estimate of drug-likeness (QED) is 0.437. The third kappa shape index (κ3) is 4.58. The molecule has 0 unspecified atom stereocenters. The molecule has 132 valence electrons. The fourth-order valence-electron chi connectivity index (χ4n) is 2.52. The second-order valence-electron chi connectivity index (χ2n) is 6.11.